The minimum atomic E-state index is -5.08. The number of hydrogen-bond donors (Lipinski definition) is 0. The molecule has 2 heterocycles. The molecule has 4 nitrogen and oxygen atoms in total. The molecule has 6 aromatic carbocycles. The fourth-order valence-electron chi connectivity index (χ4n) is 6.91. The number of para-hydroxylation sites is 1. The van der Waals surface area contributed by atoms with Gasteiger partial charge in [0.1, 0.15) is 0 Å². The van der Waals surface area contributed by atoms with Gasteiger partial charge in [-0.15, -0.1) is 0 Å². The van der Waals surface area contributed by atoms with Crippen molar-refractivity contribution >= 4 is 21.8 Å². The predicted molar refractivity (Wildman–Crippen MR) is 205 cm³/mol. The van der Waals surface area contributed by atoms with Gasteiger partial charge in [0.2, 0.25) is 0 Å². The third-order valence-corrected chi connectivity index (χ3v) is 9.68. The van der Waals surface area contributed by atoms with Gasteiger partial charge in [0.15, 0.2) is 17.5 Å². The zero-order valence-corrected chi connectivity index (χ0v) is 29.8. The van der Waals surface area contributed by atoms with Gasteiger partial charge in [0, 0.05) is 27.5 Å². The lowest BCUT2D eigenvalue weighted by molar-refractivity contribution is -0.142. The van der Waals surface area contributed by atoms with Crippen LogP contribution in [0.15, 0.2) is 140 Å². The Hall–Kier alpha value is -6.29. The van der Waals surface area contributed by atoms with E-state index in [1.54, 1.807) is 12.1 Å². The van der Waals surface area contributed by atoms with E-state index in [-0.39, 0.29) is 22.9 Å². The first-order valence-electron chi connectivity index (χ1n) is 17.5. The predicted octanol–water partition coefficient (Wildman–Crippen LogP) is 13.0. The van der Waals surface area contributed by atoms with Crippen molar-refractivity contribution < 1.29 is 26.3 Å². The summed E-state index contributed by atoms with van der Waals surface area (Å²) in [6.45, 7) is 6.28. The lowest BCUT2D eigenvalue weighted by atomic mass is 9.86. The average Bonchev–Trinajstić information content (AvgIpc) is 3.50. The van der Waals surface area contributed by atoms with Gasteiger partial charge in [-0.1, -0.05) is 124 Å². The highest BCUT2D eigenvalue weighted by atomic mass is 19.4. The Morgan fingerprint density at radius 2 is 0.982 bits per heavy atom. The molecule has 55 heavy (non-hydrogen) atoms. The number of hydrogen-bond acceptors (Lipinski definition) is 3. The number of rotatable bonds is 5. The molecule has 0 bridgehead atoms. The standard InChI is InChI=1S/C45H32F6N4/c1-43(2,3)30-19-23-34-33-16-10-11-17-37(33)55(39(34)26-30)38-24-29(32-22-20-31(44(46,47)48)25-36(32)45(49,50)51)18-21-35(38)42-53-40(27-12-6-4-7-13-27)52-41(54-42)28-14-8-5-9-15-28/h4-26H,1-3H3. The van der Waals surface area contributed by atoms with E-state index < -0.39 is 29.0 Å². The molecule has 10 heteroatoms. The summed E-state index contributed by atoms with van der Waals surface area (Å²) in [6.07, 6.45) is -10.0. The molecular weight excluding hydrogens is 711 g/mol. The largest absolute Gasteiger partial charge is 0.417 e. The first-order chi connectivity index (χ1) is 26.2. The summed E-state index contributed by atoms with van der Waals surface area (Å²) < 4.78 is 86.9. The van der Waals surface area contributed by atoms with Gasteiger partial charge in [-0.05, 0) is 58.5 Å². The topological polar surface area (TPSA) is 43.6 Å². The van der Waals surface area contributed by atoms with Crippen molar-refractivity contribution in [1.29, 1.82) is 0 Å². The molecule has 0 aliphatic rings. The highest BCUT2D eigenvalue weighted by Crippen LogP contribution is 2.44. The van der Waals surface area contributed by atoms with Crippen LogP contribution in [-0.2, 0) is 17.8 Å². The SMILES string of the molecule is CC(C)(C)c1ccc2c3ccccc3n(-c3cc(-c4ccc(C(F)(F)F)cc4C(F)(F)F)ccc3-c3nc(-c4ccccc4)nc(-c4ccccc4)n3)c2c1. The fraction of sp³-hybridized carbons (Fsp3) is 0.133. The van der Waals surface area contributed by atoms with Crippen molar-refractivity contribution in [3.05, 3.63) is 156 Å². The number of aromatic nitrogens is 4. The van der Waals surface area contributed by atoms with E-state index in [9.17, 15) is 26.3 Å². The van der Waals surface area contributed by atoms with E-state index in [0.29, 0.717) is 29.0 Å². The Kier molecular flexibility index (Phi) is 8.59. The molecule has 0 aliphatic carbocycles. The van der Waals surface area contributed by atoms with Gasteiger partial charge in [-0.3, -0.25) is 0 Å². The van der Waals surface area contributed by atoms with Crippen LogP contribution in [-0.4, -0.2) is 19.5 Å². The Labute approximate surface area is 312 Å². The minimum Gasteiger partial charge on any atom is -0.308 e. The van der Waals surface area contributed by atoms with Crippen molar-refractivity contribution in [3.63, 3.8) is 0 Å². The van der Waals surface area contributed by atoms with E-state index in [1.807, 2.05) is 95.6 Å². The Balaban J connectivity index is 1.48. The summed E-state index contributed by atoms with van der Waals surface area (Å²) in [5.74, 6) is 1.04. The number of alkyl halides is 6. The Bertz CT molecular complexity index is 2650. The first-order valence-corrected chi connectivity index (χ1v) is 17.5. The Morgan fingerprint density at radius 1 is 0.436 bits per heavy atom. The zero-order chi connectivity index (χ0) is 38.7. The van der Waals surface area contributed by atoms with Crippen molar-refractivity contribution in [2.75, 3.05) is 0 Å². The maximum absolute atomic E-state index is 14.6. The molecule has 0 atom stereocenters. The highest BCUT2D eigenvalue weighted by molar-refractivity contribution is 6.10. The van der Waals surface area contributed by atoms with Crippen molar-refractivity contribution in [2.45, 2.75) is 38.5 Å². The van der Waals surface area contributed by atoms with Crippen LogP contribution < -0.4 is 0 Å². The molecule has 0 radical (unpaired) electrons. The van der Waals surface area contributed by atoms with Crippen molar-refractivity contribution in [2.24, 2.45) is 0 Å². The van der Waals surface area contributed by atoms with E-state index in [4.69, 9.17) is 15.0 Å². The lowest BCUT2D eigenvalue weighted by Crippen LogP contribution is -2.12. The van der Waals surface area contributed by atoms with Crippen LogP contribution in [0.1, 0.15) is 37.5 Å². The summed E-state index contributed by atoms with van der Waals surface area (Å²) in [4.78, 5) is 14.7. The van der Waals surface area contributed by atoms with Gasteiger partial charge in [-0.2, -0.15) is 26.3 Å². The monoisotopic (exact) mass is 742 g/mol. The third-order valence-electron chi connectivity index (χ3n) is 9.68. The molecule has 0 amide bonds. The summed E-state index contributed by atoms with van der Waals surface area (Å²) in [5.41, 5.74) is 1.61. The maximum atomic E-state index is 14.6. The summed E-state index contributed by atoms with van der Waals surface area (Å²) in [7, 11) is 0. The van der Waals surface area contributed by atoms with Crippen LogP contribution in [0.3, 0.4) is 0 Å². The van der Waals surface area contributed by atoms with Gasteiger partial charge >= 0.3 is 12.4 Å². The summed E-state index contributed by atoms with van der Waals surface area (Å²) >= 11 is 0. The summed E-state index contributed by atoms with van der Waals surface area (Å²) in [5, 5.41) is 1.82. The van der Waals surface area contributed by atoms with Gasteiger partial charge in [0.05, 0.1) is 27.8 Å². The van der Waals surface area contributed by atoms with E-state index in [0.717, 1.165) is 44.6 Å². The quantitative estimate of drug-likeness (QED) is 0.165. The van der Waals surface area contributed by atoms with E-state index in [2.05, 4.69) is 32.9 Å². The molecule has 0 saturated carbocycles. The van der Waals surface area contributed by atoms with Gasteiger partial charge in [0.25, 0.3) is 0 Å². The highest BCUT2D eigenvalue weighted by Gasteiger charge is 2.38. The maximum Gasteiger partial charge on any atom is 0.417 e. The van der Waals surface area contributed by atoms with E-state index in [1.165, 1.54) is 6.07 Å². The molecule has 8 rings (SSSR count). The summed E-state index contributed by atoms with van der Waals surface area (Å²) in [6, 6.07) is 39.1. The van der Waals surface area contributed by atoms with Gasteiger partial charge < -0.3 is 4.57 Å². The molecule has 274 valence electrons. The molecule has 0 fully saturated rings. The van der Waals surface area contributed by atoms with Crippen LogP contribution >= 0.6 is 0 Å². The Morgan fingerprint density at radius 3 is 1.58 bits per heavy atom. The van der Waals surface area contributed by atoms with Crippen molar-refractivity contribution in [3.8, 4) is 51.0 Å². The second kappa shape index (κ2) is 13.2. The van der Waals surface area contributed by atoms with Crippen LogP contribution in [0.2, 0.25) is 0 Å². The third kappa shape index (κ3) is 6.73. The minimum absolute atomic E-state index is 0.0679. The first kappa shape index (κ1) is 35.7. The molecule has 0 aliphatic heterocycles. The molecule has 0 saturated heterocycles. The number of benzene rings is 6. The number of fused-ring (bicyclic) bond motifs is 3. The van der Waals surface area contributed by atoms with Crippen LogP contribution in [0.4, 0.5) is 26.3 Å². The van der Waals surface area contributed by atoms with Gasteiger partial charge in [-0.25, -0.2) is 15.0 Å². The molecular formula is C45H32F6N4. The van der Waals surface area contributed by atoms with Crippen LogP contribution in [0, 0.1) is 0 Å². The molecule has 0 unspecified atom stereocenters. The molecule has 0 N–H and O–H groups in total. The fourth-order valence-corrected chi connectivity index (χ4v) is 6.91. The smallest absolute Gasteiger partial charge is 0.308 e. The normalized spacial score (nSPS) is 12.5. The second-order valence-corrected chi connectivity index (χ2v) is 14.4. The van der Waals surface area contributed by atoms with Crippen LogP contribution in [0.5, 0.6) is 0 Å². The average molecular weight is 743 g/mol. The van der Waals surface area contributed by atoms with E-state index >= 15 is 0 Å². The molecule has 8 aromatic rings. The lowest BCUT2D eigenvalue weighted by Gasteiger charge is -2.21. The number of nitrogens with zero attached hydrogens (tertiary/aromatic N) is 4. The van der Waals surface area contributed by atoms with Crippen LogP contribution in [0.25, 0.3) is 72.8 Å². The van der Waals surface area contributed by atoms with Crippen molar-refractivity contribution in [1.82, 2.24) is 19.5 Å². The second-order valence-electron chi connectivity index (χ2n) is 14.4. The molecule has 2 aromatic heterocycles. The molecule has 0 spiro atoms. The zero-order valence-electron chi connectivity index (χ0n) is 29.8. The number of halogens is 6.